The molecule has 0 bridgehead atoms. The maximum absolute atomic E-state index is 11.5. The minimum atomic E-state index is -0.491. The normalized spacial score (nSPS) is 11.7. The molecule has 1 N–H and O–H groups in total. The number of hydrogen-bond donors (Lipinski definition) is 1. The summed E-state index contributed by atoms with van der Waals surface area (Å²) >= 11 is 3.38. The third kappa shape index (κ3) is 4.70. The zero-order valence-electron chi connectivity index (χ0n) is 10.2. The van der Waals surface area contributed by atoms with Crippen molar-refractivity contribution in [3.05, 3.63) is 35.4 Å². The second-order valence-electron chi connectivity index (χ2n) is 3.80. The first kappa shape index (κ1) is 15.1. The number of hydrogen-bond acceptors (Lipinski definition) is 4. The molecular formula is C12H15BBrNO3. The summed E-state index contributed by atoms with van der Waals surface area (Å²) in [5, 5.41) is 3.65. The molecule has 0 aromatic heterocycles. The van der Waals surface area contributed by atoms with Gasteiger partial charge in [0, 0.05) is 0 Å². The van der Waals surface area contributed by atoms with Crippen molar-refractivity contribution in [2.45, 2.75) is 17.8 Å². The summed E-state index contributed by atoms with van der Waals surface area (Å²) in [4.78, 5) is 11.5. The molecule has 1 unspecified atom stereocenters. The van der Waals surface area contributed by atoms with Crippen LogP contribution in [0.3, 0.4) is 0 Å². The van der Waals surface area contributed by atoms with Crippen LogP contribution in [0.15, 0.2) is 24.3 Å². The molecule has 4 nitrogen and oxygen atoms in total. The number of rotatable bonds is 7. The molecule has 0 saturated carbocycles. The average molecular weight is 312 g/mol. The molecule has 0 radical (unpaired) electrons. The summed E-state index contributed by atoms with van der Waals surface area (Å²) in [5.74, 6) is -0.360. The Hall–Kier alpha value is -1.01. The monoisotopic (exact) mass is 311 g/mol. The second-order valence-corrected chi connectivity index (χ2v) is 4.37. The third-order valence-electron chi connectivity index (χ3n) is 2.55. The van der Waals surface area contributed by atoms with Crippen molar-refractivity contribution in [2.75, 3.05) is 13.6 Å². The summed E-state index contributed by atoms with van der Waals surface area (Å²) in [5.41, 5.74) is 2.20. The average Bonchev–Trinajstić information content (AvgIpc) is 2.43. The summed E-state index contributed by atoms with van der Waals surface area (Å²) in [6, 6.07) is 7.44. The molecular weight excluding hydrogens is 297 g/mol. The van der Waals surface area contributed by atoms with E-state index in [2.05, 4.69) is 21.2 Å². The van der Waals surface area contributed by atoms with Gasteiger partial charge >= 0.3 is 115 Å². The van der Waals surface area contributed by atoms with E-state index in [1.54, 1.807) is 0 Å². The summed E-state index contributed by atoms with van der Waals surface area (Å²) in [6.45, 7) is 0. The van der Waals surface area contributed by atoms with E-state index in [0.29, 0.717) is 6.42 Å². The van der Waals surface area contributed by atoms with Gasteiger partial charge in [0.2, 0.25) is 0 Å². The van der Waals surface area contributed by atoms with E-state index in [9.17, 15) is 9.50 Å². The molecule has 1 aromatic rings. The molecule has 0 fully saturated rings. The Bertz CT molecular complexity index is 397. The molecule has 6 heteroatoms. The van der Waals surface area contributed by atoms with Crippen LogP contribution in [0.2, 0.25) is 0 Å². The third-order valence-corrected chi connectivity index (χ3v) is 3.20. The van der Waals surface area contributed by atoms with Gasteiger partial charge in [-0.1, -0.05) is 0 Å². The van der Waals surface area contributed by atoms with Gasteiger partial charge in [-0.15, -0.1) is 0 Å². The maximum atomic E-state index is 11.5. The molecule has 0 aliphatic carbocycles. The van der Waals surface area contributed by atoms with Crippen LogP contribution in [-0.4, -0.2) is 32.7 Å². The minimum absolute atomic E-state index is 0.138. The van der Waals surface area contributed by atoms with E-state index in [0.717, 1.165) is 18.0 Å². The van der Waals surface area contributed by atoms with Gasteiger partial charge in [-0.2, -0.15) is 0 Å². The van der Waals surface area contributed by atoms with Crippen LogP contribution in [0.1, 0.15) is 11.1 Å². The first-order valence-corrected chi connectivity index (χ1v) is 6.72. The SMILES string of the molecule is COC(=O)C(Cc1ccc(CBr)cc1)NCB=O. The quantitative estimate of drug-likeness (QED) is 0.468. The number of carbonyl (C=O) groups is 1. The Morgan fingerprint density at radius 2 is 2.00 bits per heavy atom. The fourth-order valence-electron chi connectivity index (χ4n) is 1.57. The number of ether oxygens (including phenoxy) is 1. The van der Waals surface area contributed by atoms with E-state index in [1.807, 2.05) is 24.3 Å². The van der Waals surface area contributed by atoms with Crippen LogP contribution in [0, 0.1) is 0 Å². The van der Waals surface area contributed by atoms with Gasteiger partial charge in [-0.25, -0.2) is 0 Å². The molecule has 0 saturated heterocycles. The summed E-state index contributed by atoms with van der Waals surface area (Å²) in [7, 11) is 2.07. The van der Waals surface area contributed by atoms with Crippen LogP contribution in [0.25, 0.3) is 0 Å². The fraction of sp³-hybridized carbons (Fsp3) is 0.417. The number of methoxy groups -OCH3 is 1. The molecule has 0 aliphatic heterocycles. The van der Waals surface area contributed by atoms with Crippen LogP contribution in [0.5, 0.6) is 0 Å². The van der Waals surface area contributed by atoms with Gasteiger partial charge < -0.3 is 0 Å². The molecule has 18 heavy (non-hydrogen) atoms. The summed E-state index contributed by atoms with van der Waals surface area (Å²) < 4.78 is 15.0. The van der Waals surface area contributed by atoms with Crippen molar-refractivity contribution in [1.29, 1.82) is 0 Å². The van der Waals surface area contributed by atoms with Crippen molar-refractivity contribution in [3.63, 3.8) is 0 Å². The number of carbonyl (C=O) groups excluding carboxylic acids is 1. The van der Waals surface area contributed by atoms with Crippen molar-refractivity contribution < 1.29 is 14.2 Å². The molecule has 1 atom stereocenters. The van der Waals surface area contributed by atoms with E-state index >= 15 is 0 Å². The Kier molecular flexibility index (Phi) is 6.82. The molecule has 0 heterocycles. The first-order chi connectivity index (χ1) is 8.71. The van der Waals surface area contributed by atoms with Gasteiger partial charge in [-0.3, -0.25) is 0 Å². The Balaban J connectivity index is 2.68. The van der Waals surface area contributed by atoms with Crippen LogP contribution < -0.4 is 5.32 Å². The zero-order valence-corrected chi connectivity index (χ0v) is 11.8. The zero-order chi connectivity index (χ0) is 13.4. The van der Waals surface area contributed by atoms with Gasteiger partial charge in [0.25, 0.3) is 0 Å². The van der Waals surface area contributed by atoms with Crippen molar-refractivity contribution in [1.82, 2.24) is 5.32 Å². The van der Waals surface area contributed by atoms with Gasteiger partial charge in [0.05, 0.1) is 0 Å². The second kappa shape index (κ2) is 8.16. The number of halogens is 1. The van der Waals surface area contributed by atoms with E-state index < -0.39 is 6.04 Å². The van der Waals surface area contributed by atoms with Crippen LogP contribution in [0.4, 0.5) is 0 Å². The fourth-order valence-corrected chi connectivity index (χ4v) is 1.95. The van der Waals surface area contributed by atoms with E-state index in [-0.39, 0.29) is 12.4 Å². The van der Waals surface area contributed by atoms with Gasteiger partial charge in [0.15, 0.2) is 0 Å². The molecule has 96 valence electrons. The predicted octanol–water partition coefficient (Wildman–Crippen LogP) is 1.26. The summed E-state index contributed by atoms with van der Waals surface area (Å²) in [6.07, 6.45) is 0.641. The molecule has 0 aliphatic rings. The van der Waals surface area contributed by atoms with Crippen LogP contribution >= 0.6 is 15.9 Å². The Morgan fingerprint density at radius 3 is 2.50 bits per heavy atom. The van der Waals surface area contributed by atoms with Gasteiger partial charge in [-0.05, 0) is 0 Å². The number of alkyl halides is 1. The molecule has 1 rings (SSSR count). The van der Waals surface area contributed by atoms with E-state index in [1.165, 1.54) is 12.7 Å². The molecule has 1 aromatic carbocycles. The standard InChI is InChI=1S/C12H15BBrNO3/c1-18-12(16)11(15-8-13-17)6-9-2-4-10(7-14)5-3-9/h2-5,11,15H,6-8H2,1H3. The predicted molar refractivity (Wildman–Crippen MR) is 73.0 cm³/mol. The van der Waals surface area contributed by atoms with Crippen LogP contribution in [-0.2, 0) is 26.0 Å². The van der Waals surface area contributed by atoms with Crippen molar-refractivity contribution in [2.24, 2.45) is 0 Å². The van der Waals surface area contributed by atoms with Crippen molar-refractivity contribution in [3.8, 4) is 0 Å². The van der Waals surface area contributed by atoms with Gasteiger partial charge in [0.1, 0.15) is 0 Å². The number of esters is 1. The van der Waals surface area contributed by atoms with Crippen molar-refractivity contribution >= 4 is 29.0 Å². The number of nitrogens with one attached hydrogen (secondary N) is 1. The van der Waals surface area contributed by atoms with E-state index in [4.69, 9.17) is 4.74 Å². The first-order valence-electron chi connectivity index (χ1n) is 5.60. The Labute approximate surface area is 115 Å². The topological polar surface area (TPSA) is 55.4 Å². The Morgan fingerprint density at radius 1 is 1.39 bits per heavy atom. The molecule has 0 spiro atoms. The number of benzene rings is 1. The molecule has 0 amide bonds.